The van der Waals surface area contributed by atoms with Crippen LogP contribution in [0.2, 0.25) is 0 Å². The average Bonchev–Trinajstić information content (AvgIpc) is 3.37. The molecule has 8 unspecified atom stereocenters. The minimum Gasteiger partial charge on any atom is -0.487 e. The molecule has 7 aliphatic rings. The lowest BCUT2D eigenvalue weighted by Gasteiger charge is -2.52. The molecular weight excluding hydrogens is 400 g/mol. The minimum absolute atomic E-state index is 0.0444. The number of hydrogen-bond donors (Lipinski definition) is 0. The lowest BCUT2D eigenvalue weighted by molar-refractivity contribution is -0.179. The lowest BCUT2D eigenvalue weighted by atomic mass is 9.48. The fraction of sp³-hybridized carbons (Fsp3) is 0.667. The predicted molar refractivity (Wildman–Crippen MR) is 105 cm³/mol. The molecule has 0 radical (unpaired) electrons. The van der Waals surface area contributed by atoms with Crippen LogP contribution in [0.1, 0.15) is 41.0 Å². The second-order valence-corrected chi connectivity index (χ2v) is 11.1. The number of epoxide rings is 1. The van der Waals surface area contributed by atoms with Crippen LogP contribution in [-0.4, -0.2) is 48.2 Å². The fourth-order valence-corrected chi connectivity index (χ4v) is 7.46. The minimum atomic E-state index is -0.792. The van der Waals surface area contributed by atoms with Crippen molar-refractivity contribution in [1.29, 1.82) is 0 Å². The van der Waals surface area contributed by atoms with Gasteiger partial charge in [0, 0.05) is 28.6 Å². The van der Waals surface area contributed by atoms with Crippen LogP contribution in [0.4, 0.5) is 0 Å². The first-order valence-electron chi connectivity index (χ1n) is 11.1. The van der Waals surface area contributed by atoms with Gasteiger partial charge in [0.05, 0.1) is 17.9 Å². The Kier molecular flexibility index (Phi) is 2.94. The molecule has 0 aromatic heterocycles. The van der Waals surface area contributed by atoms with E-state index >= 15 is 0 Å². The summed E-state index contributed by atoms with van der Waals surface area (Å²) in [6.45, 7) is 10.5. The smallest absolute Gasteiger partial charge is 0.332 e. The Hall–Kier alpha value is -2.12. The third-order valence-corrected chi connectivity index (χ3v) is 9.06. The second kappa shape index (κ2) is 4.94. The first-order chi connectivity index (χ1) is 14.5. The number of carbonyl (C=O) groups excluding carboxylic acids is 2. The Morgan fingerprint density at radius 2 is 1.81 bits per heavy atom. The number of ether oxygens (including phenoxy) is 5. The molecule has 0 aromatic rings. The van der Waals surface area contributed by atoms with Crippen LogP contribution in [0.15, 0.2) is 34.6 Å². The van der Waals surface area contributed by atoms with Gasteiger partial charge in [-0.15, -0.1) is 0 Å². The van der Waals surface area contributed by atoms with Crippen molar-refractivity contribution < 1.29 is 33.3 Å². The molecule has 1 saturated carbocycles. The summed E-state index contributed by atoms with van der Waals surface area (Å²) >= 11 is 0. The molecule has 0 aromatic carbocycles. The molecule has 0 amide bonds. The molecule has 7 nitrogen and oxygen atoms in total. The van der Waals surface area contributed by atoms with Gasteiger partial charge in [-0.1, -0.05) is 6.92 Å². The van der Waals surface area contributed by atoms with Crippen molar-refractivity contribution in [3.8, 4) is 0 Å². The molecule has 3 fully saturated rings. The Bertz CT molecular complexity index is 1080. The maximum atomic E-state index is 13.1. The van der Waals surface area contributed by atoms with Crippen LogP contribution in [0.5, 0.6) is 0 Å². The molecule has 5 heterocycles. The summed E-state index contributed by atoms with van der Waals surface area (Å²) in [7, 11) is 0. The van der Waals surface area contributed by atoms with Crippen molar-refractivity contribution in [1.82, 2.24) is 0 Å². The number of fused-ring (bicyclic) bond motifs is 3. The van der Waals surface area contributed by atoms with E-state index in [1.807, 2.05) is 27.7 Å². The second-order valence-electron chi connectivity index (χ2n) is 11.1. The Labute approximate surface area is 180 Å². The first kappa shape index (κ1) is 18.5. The van der Waals surface area contributed by atoms with Gasteiger partial charge in [0.2, 0.25) is 6.29 Å². The number of esters is 2. The largest absolute Gasteiger partial charge is 0.487 e. The van der Waals surface area contributed by atoms with Gasteiger partial charge in [-0.3, -0.25) is 4.79 Å². The summed E-state index contributed by atoms with van der Waals surface area (Å²) in [4.78, 5) is 25.6. The van der Waals surface area contributed by atoms with Crippen LogP contribution < -0.4 is 0 Å². The highest BCUT2D eigenvalue weighted by atomic mass is 16.7. The molecule has 8 atom stereocenters. The normalized spacial score (nSPS) is 52.4. The van der Waals surface area contributed by atoms with Crippen LogP contribution in [0.3, 0.4) is 0 Å². The van der Waals surface area contributed by atoms with Gasteiger partial charge in [0.25, 0.3) is 0 Å². The highest BCUT2D eigenvalue weighted by Gasteiger charge is 2.77. The number of hydrogen-bond acceptors (Lipinski definition) is 7. The maximum absolute atomic E-state index is 13.1. The molecule has 164 valence electrons. The Morgan fingerprint density at radius 3 is 2.52 bits per heavy atom. The quantitative estimate of drug-likeness (QED) is 0.435. The molecule has 2 aliphatic carbocycles. The SMILES string of the molecule is CC1OC2OC(=O)C3(C)CC4C5(CO5)C5=CC(=O)OC(C)(C)C5=CC5OC1=C(C23)C54C. The molecule has 31 heavy (non-hydrogen) atoms. The van der Waals surface area contributed by atoms with Gasteiger partial charge in [0.15, 0.2) is 0 Å². The van der Waals surface area contributed by atoms with Crippen LogP contribution in [-0.2, 0) is 33.3 Å². The van der Waals surface area contributed by atoms with Gasteiger partial charge in [-0.25, -0.2) is 4.79 Å². The Morgan fingerprint density at radius 1 is 1.06 bits per heavy atom. The maximum Gasteiger partial charge on any atom is 0.332 e. The standard InChI is InChI=1S/C24H26O7/c1-10-18-16-17-19(28-10)30-20(26)22(17,4)8-13-23(16,5)14(29-18)6-11-12(24(13)9-27-24)7-15(25)31-21(11,2)3/h6-7,10,13-14,17,19H,8-9H2,1-5H3. The van der Waals surface area contributed by atoms with Gasteiger partial charge < -0.3 is 23.7 Å². The van der Waals surface area contributed by atoms with Gasteiger partial charge in [0.1, 0.15) is 29.2 Å². The van der Waals surface area contributed by atoms with E-state index in [9.17, 15) is 9.59 Å². The van der Waals surface area contributed by atoms with E-state index in [1.165, 1.54) is 0 Å². The van der Waals surface area contributed by atoms with Crippen LogP contribution in [0, 0.1) is 22.7 Å². The lowest BCUT2D eigenvalue weighted by Crippen LogP contribution is -2.56. The molecule has 7 heteroatoms. The van der Waals surface area contributed by atoms with E-state index in [1.54, 1.807) is 6.08 Å². The van der Waals surface area contributed by atoms with Crippen molar-refractivity contribution >= 4 is 11.9 Å². The van der Waals surface area contributed by atoms with Crippen molar-refractivity contribution in [3.63, 3.8) is 0 Å². The predicted octanol–water partition coefficient (Wildman–Crippen LogP) is 2.56. The molecule has 7 rings (SSSR count). The van der Waals surface area contributed by atoms with Crippen LogP contribution >= 0.6 is 0 Å². The summed E-state index contributed by atoms with van der Waals surface area (Å²) in [6.07, 6.45) is 3.16. The van der Waals surface area contributed by atoms with E-state index in [0.29, 0.717) is 13.0 Å². The topological polar surface area (TPSA) is 83.6 Å². The van der Waals surface area contributed by atoms with Gasteiger partial charge in [-0.2, -0.15) is 0 Å². The zero-order valence-corrected chi connectivity index (χ0v) is 18.3. The van der Waals surface area contributed by atoms with E-state index in [4.69, 9.17) is 23.7 Å². The van der Waals surface area contributed by atoms with E-state index in [-0.39, 0.29) is 36.0 Å². The number of carbonyl (C=O) groups is 2. The average molecular weight is 426 g/mol. The van der Waals surface area contributed by atoms with Gasteiger partial charge in [-0.05, 0) is 45.8 Å². The number of cyclic esters (lactones) is 1. The molecule has 0 N–H and O–H groups in total. The molecular formula is C24H26O7. The summed E-state index contributed by atoms with van der Waals surface area (Å²) < 4.78 is 30.4. The molecule has 1 spiro atoms. The number of rotatable bonds is 0. The highest BCUT2D eigenvalue weighted by Crippen LogP contribution is 2.73. The van der Waals surface area contributed by atoms with Crippen molar-refractivity contribution in [3.05, 3.63) is 34.6 Å². The fourth-order valence-electron chi connectivity index (χ4n) is 7.46. The monoisotopic (exact) mass is 426 g/mol. The third-order valence-electron chi connectivity index (χ3n) is 9.06. The van der Waals surface area contributed by atoms with E-state index in [0.717, 1.165) is 22.5 Å². The van der Waals surface area contributed by atoms with Crippen molar-refractivity contribution in [2.24, 2.45) is 22.7 Å². The highest BCUT2D eigenvalue weighted by molar-refractivity contribution is 5.88. The zero-order valence-electron chi connectivity index (χ0n) is 18.3. The van der Waals surface area contributed by atoms with Crippen LogP contribution in [0.25, 0.3) is 0 Å². The molecule has 2 saturated heterocycles. The van der Waals surface area contributed by atoms with Gasteiger partial charge >= 0.3 is 11.9 Å². The third kappa shape index (κ3) is 1.83. The summed E-state index contributed by atoms with van der Waals surface area (Å²) in [5.74, 6) is 0.0295. The van der Waals surface area contributed by atoms with Crippen molar-refractivity contribution in [2.75, 3.05) is 6.61 Å². The summed E-state index contributed by atoms with van der Waals surface area (Å²) in [5.41, 5.74) is 0.415. The van der Waals surface area contributed by atoms with E-state index in [2.05, 4.69) is 13.0 Å². The summed E-state index contributed by atoms with van der Waals surface area (Å²) in [6, 6.07) is 0. The first-order valence-corrected chi connectivity index (χ1v) is 11.1. The van der Waals surface area contributed by atoms with Crippen molar-refractivity contribution in [2.45, 2.75) is 70.7 Å². The zero-order chi connectivity index (χ0) is 21.7. The molecule has 5 aliphatic heterocycles. The summed E-state index contributed by atoms with van der Waals surface area (Å²) in [5, 5.41) is 0. The van der Waals surface area contributed by atoms with E-state index < -0.39 is 28.3 Å². The Balaban J connectivity index is 1.52. The molecule has 0 bridgehead atoms.